The van der Waals surface area contributed by atoms with Crippen molar-refractivity contribution in [3.63, 3.8) is 0 Å². The van der Waals surface area contributed by atoms with Gasteiger partial charge in [-0.3, -0.25) is 9.98 Å². The molecule has 0 aliphatic carbocycles. The summed E-state index contributed by atoms with van der Waals surface area (Å²) in [4.78, 5) is 8.71. The van der Waals surface area contributed by atoms with Crippen LogP contribution in [0.5, 0.6) is 0 Å². The maximum absolute atomic E-state index is 4.51. The first kappa shape index (κ1) is 12.9. The molecule has 0 aliphatic heterocycles. The molecule has 0 bridgehead atoms. The van der Waals surface area contributed by atoms with Crippen molar-refractivity contribution in [2.24, 2.45) is 10.4 Å². The van der Waals surface area contributed by atoms with Gasteiger partial charge in [-0.25, -0.2) is 0 Å². The van der Waals surface area contributed by atoms with Crippen molar-refractivity contribution in [1.29, 1.82) is 0 Å². The molecule has 0 aromatic carbocycles. The lowest BCUT2D eigenvalue weighted by molar-refractivity contribution is 0.308. The molecule has 16 heavy (non-hydrogen) atoms. The minimum absolute atomic E-state index is 0.234. The Balaban J connectivity index is 2.69. The summed E-state index contributed by atoms with van der Waals surface area (Å²) in [6.45, 7) is 12.8. The normalized spacial score (nSPS) is 13.3. The van der Waals surface area contributed by atoms with Crippen LogP contribution < -0.4 is 0 Å². The lowest BCUT2D eigenvalue weighted by Crippen LogP contribution is -2.25. The van der Waals surface area contributed by atoms with Gasteiger partial charge in [-0.15, -0.1) is 0 Å². The molecule has 1 radical (unpaired) electrons. The standard InChI is InChI=1S/C14H21N2/c1-13(2,3)11-14(4,5)16-10-12-8-6-7-9-15-12/h6-10H,4,11H2,1-3,5H3/b16-10+. The topological polar surface area (TPSA) is 25.2 Å². The van der Waals surface area contributed by atoms with E-state index in [1.54, 1.807) is 12.4 Å². The SMILES string of the molecule is [CH2]C(C)(CC(C)(C)C)/N=C/c1ccccn1. The highest BCUT2D eigenvalue weighted by Crippen LogP contribution is 2.28. The summed E-state index contributed by atoms with van der Waals surface area (Å²) in [7, 11) is 0. The summed E-state index contributed by atoms with van der Waals surface area (Å²) in [5.74, 6) is 0. The first-order valence-corrected chi connectivity index (χ1v) is 5.60. The lowest BCUT2D eigenvalue weighted by atomic mass is 9.82. The Bertz CT molecular complexity index is 345. The van der Waals surface area contributed by atoms with E-state index in [1.807, 2.05) is 18.2 Å². The van der Waals surface area contributed by atoms with Crippen molar-refractivity contribution in [1.82, 2.24) is 4.98 Å². The molecule has 0 aliphatic rings. The smallest absolute Gasteiger partial charge is 0.0808 e. The number of hydrogen-bond donors (Lipinski definition) is 0. The Morgan fingerprint density at radius 1 is 1.31 bits per heavy atom. The van der Waals surface area contributed by atoms with Gasteiger partial charge in [0.2, 0.25) is 0 Å². The molecule has 1 aromatic heterocycles. The maximum atomic E-state index is 4.51. The van der Waals surface area contributed by atoms with Crippen LogP contribution in [-0.4, -0.2) is 16.7 Å². The van der Waals surface area contributed by atoms with Crippen molar-refractivity contribution in [3.05, 3.63) is 37.0 Å². The molecule has 2 nitrogen and oxygen atoms in total. The molecule has 1 heterocycles. The van der Waals surface area contributed by atoms with E-state index in [4.69, 9.17) is 0 Å². The van der Waals surface area contributed by atoms with Crippen molar-refractivity contribution in [2.45, 2.75) is 39.7 Å². The zero-order valence-corrected chi connectivity index (χ0v) is 10.7. The van der Waals surface area contributed by atoms with E-state index in [-0.39, 0.29) is 11.0 Å². The average Bonchev–Trinajstić information content (AvgIpc) is 2.13. The van der Waals surface area contributed by atoms with Crippen molar-refractivity contribution >= 4 is 6.21 Å². The second kappa shape index (κ2) is 4.77. The summed E-state index contributed by atoms with van der Waals surface area (Å²) in [6, 6.07) is 5.80. The van der Waals surface area contributed by atoms with Crippen LogP contribution in [0.3, 0.4) is 0 Å². The summed E-state index contributed by atoms with van der Waals surface area (Å²) < 4.78 is 0. The van der Waals surface area contributed by atoms with E-state index in [1.165, 1.54) is 0 Å². The van der Waals surface area contributed by atoms with Crippen LogP contribution >= 0.6 is 0 Å². The molecule has 0 amide bonds. The van der Waals surface area contributed by atoms with Gasteiger partial charge < -0.3 is 0 Å². The highest BCUT2D eigenvalue weighted by Gasteiger charge is 2.24. The van der Waals surface area contributed by atoms with Crippen LogP contribution in [-0.2, 0) is 0 Å². The Hall–Kier alpha value is -1.18. The van der Waals surface area contributed by atoms with Gasteiger partial charge in [0, 0.05) is 12.4 Å². The van der Waals surface area contributed by atoms with Crippen LogP contribution in [0.2, 0.25) is 0 Å². The van der Waals surface area contributed by atoms with Crippen LogP contribution in [0, 0.1) is 12.3 Å². The van der Waals surface area contributed by atoms with Crippen LogP contribution in [0.15, 0.2) is 29.4 Å². The predicted octanol–water partition coefficient (Wildman–Crippen LogP) is 3.53. The predicted molar refractivity (Wildman–Crippen MR) is 69.7 cm³/mol. The molecule has 1 unspecified atom stereocenters. The monoisotopic (exact) mass is 217 g/mol. The lowest BCUT2D eigenvalue weighted by Gasteiger charge is -2.28. The van der Waals surface area contributed by atoms with E-state index in [9.17, 15) is 0 Å². The largest absolute Gasteiger partial charge is 0.285 e. The number of aliphatic imine (C=N–C) groups is 1. The number of pyridine rings is 1. The fourth-order valence-electron chi connectivity index (χ4n) is 1.86. The Morgan fingerprint density at radius 3 is 2.50 bits per heavy atom. The second-order valence-electron chi connectivity index (χ2n) is 5.75. The number of hydrogen-bond acceptors (Lipinski definition) is 2. The third-order valence-corrected chi connectivity index (χ3v) is 2.11. The summed E-state index contributed by atoms with van der Waals surface area (Å²) in [6.07, 6.45) is 4.52. The molecule has 1 rings (SSSR count). The van der Waals surface area contributed by atoms with Gasteiger partial charge in [-0.2, -0.15) is 0 Å². The van der Waals surface area contributed by atoms with E-state index in [0.717, 1.165) is 12.1 Å². The molecule has 0 N–H and O–H groups in total. The molecule has 2 heteroatoms. The number of rotatable bonds is 3. The minimum Gasteiger partial charge on any atom is -0.285 e. The first-order chi connectivity index (χ1) is 7.29. The maximum Gasteiger partial charge on any atom is 0.0808 e. The number of aromatic nitrogens is 1. The van der Waals surface area contributed by atoms with Crippen molar-refractivity contribution in [3.8, 4) is 0 Å². The summed E-state index contributed by atoms with van der Waals surface area (Å²) in [5.41, 5.74) is 0.833. The fourth-order valence-corrected chi connectivity index (χ4v) is 1.86. The molecular weight excluding hydrogens is 196 g/mol. The van der Waals surface area contributed by atoms with Gasteiger partial charge in [0.25, 0.3) is 0 Å². The highest BCUT2D eigenvalue weighted by atomic mass is 14.8. The van der Waals surface area contributed by atoms with Gasteiger partial charge in [-0.1, -0.05) is 26.8 Å². The zero-order valence-electron chi connectivity index (χ0n) is 10.7. The highest BCUT2D eigenvalue weighted by molar-refractivity contribution is 5.77. The van der Waals surface area contributed by atoms with Crippen LogP contribution in [0.25, 0.3) is 0 Å². The Labute approximate surface area is 98.8 Å². The molecular formula is C14H21N2. The van der Waals surface area contributed by atoms with E-state index < -0.39 is 0 Å². The Kier molecular flexibility index (Phi) is 3.84. The van der Waals surface area contributed by atoms with Crippen molar-refractivity contribution < 1.29 is 0 Å². The summed E-state index contributed by atoms with van der Waals surface area (Å²) in [5, 5.41) is 0. The molecule has 87 valence electrons. The third-order valence-electron chi connectivity index (χ3n) is 2.11. The van der Waals surface area contributed by atoms with Gasteiger partial charge in [-0.05, 0) is 37.8 Å². The van der Waals surface area contributed by atoms with E-state index in [0.29, 0.717) is 0 Å². The molecule has 0 spiro atoms. The van der Waals surface area contributed by atoms with Gasteiger partial charge in [0.1, 0.15) is 0 Å². The zero-order chi connectivity index (χ0) is 12.2. The minimum atomic E-state index is -0.282. The molecule has 0 fully saturated rings. The second-order valence-corrected chi connectivity index (χ2v) is 5.75. The number of nitrogens with zero attached hydrogens (tertiary/aromatic N) is 2. The molecule has 0 saturated carbocycles. The Morgan fingerprint density at radius 2 is 2.00 bits per heavy atom. The van der Waals surface area contributed by atoms with Gasteiger partial charge >= 0.3 is 0 Å². The first-order valence-electron chi connectivity index (χ1n) is 5.60. The molecule has 0 saturated heterocycles. The van der Waals surface area contributed by atoms with Crippen LogP contribution in [0.1, 0.15) is 39.8 Å². The third kappa shape index (κ3) is 5.06. The van der Waals surface area contributed by atoms with Gasteiger partial charge in [0.15, 0.2) is 0 Å². The fraction of sp³-hybridized carbons (Fsp3) is 0.500. The van der Waals surface area contributed by atoms with Gasteiger partial charge in [0.05, 0.1) is 11.2 Å². The molecule has 1 aromatic rings. The molecule has 1 atom stereocenters. The van der Waals surface area contributed by atoms with Crippen molar-refractivity contribution in [2.75, 3.05) is 0 Å². The summed E-state index contributed by atoms with van der Waals surface area (Å²) >= 11 is 0. The van der Waals surface area contributed by atoms with Crippen LogP contribution in [0.4, 0.5) is 0 Å². The average molecular weight is 217 g/mol. The quantitative estimate of drug-likeness (QED) is 0.711. The van der Waals surface area contributed by atoms with E-state index >= 15 is 0 Å². The van der Waals surface area contributed by atoms with E-state index in [2.05, 4.69) is 44.6 Å².